The lowest BCUT2D eigenvalue weighted by Crippen LogP contribution is -2.33. The summed E-state index contributed by atoms with van der Waals surface area (Å²) in [7, 11) is -3.34. The maximum Gasteiger partial charge on any atom is 0.215 e. The van der Waals surface area contributed by atoms with E-state index in [4.69, 9.17) is 0 Å². The SMILES string of the molecule is O=S(=O)(Cc1ccc(Br)cc1)NCC1(c2ccccn2)CC1. The molecule has 116 valence electrons. The molecule has 1 N–H and O–H groups in total. The number of rotatable bonds is 6. The van der Waals surface area contributed by atoms with Gasteiger partial charge in [0.25, 0.3) is 0 Å². The van der Waals surface area contributed by atoms with Crippen LogP contribution in [0.2, 0.25) is 0 Å². The van der Waals surface area contributed by atoms with Crippen LogP contribution in [0.15, 0.2) is 53.1 Å². The van der Waals surface area contributed by atoms with E-state index in [1.165, 1.54) is 0 Å². The van der Waals surface area contributed by atoms with E-state index in [9.17, 15) is 8.42 Å². The summed E-state index contributed by atoms with van der Waals surface area (Å²) in [5.74, 6) is -0.00141. The molecule has 0 bridgehead atoms. The van der Waals surface area contributed by atoms with Gasteiger partial charge in [-0.1, -0.05) is 34.1 Å². The smallest absolute Gasteiger partial charge is 0.215 e. The Morgan fingerprint density at radius 3 is 2.45 bits per heavy atom. The van der Waals surface area contributed by atoms with Gasteiger partial charge in [-0.15, -0.1) is 0 Å². The van der Waals surface area contributed by atoms with E-state index in [1.807, 2.05) is 42.5 Å². The minimum Gasteiger partial charge on any atom is -0.261 e. The van der Waals surface area contributed by atoms with E-state index in [2.05, 4.69) is 25.6 Å². The molecule has 0 aliphatic heterocycles. The summed E-state index contributed by atoms with van der Waals surface area (Å²) >= 11 is 3.34. The Labute approximate surface area is 139 Å². The standard InChI is InChI=1S/C16H17BrN2O2S/c17-14-6-4-13(5-7-14)11-22(20,21)19-12-16(8-9-16)15-3-1-2-10-18-15/h1-7,10,19H,8-9,11-12H2. The highest BCUT2D eigenvalue weighted by Gasteiger charge is 2.45. The van der Waals surface area contributed by atoms with Crippen LogP contribution in [-0.2, 0) is 21.2 Å². The predicted octanol–water partition coefficient (Wildman–Crippen LogP) is 3.00. The molecule has 2 aromatic rings. The monoisotopic (exact) mass is 380 g/mol. The molecule has 22 heavy (non-hydrogen) atoms. The lowest BCUT2D eigenvalue weighted by atomic mass is 10.0. The van der Waals surface area contributed by atoms with E-state index in [0.29, 0.717) is 6.54 Å². The zero-order valence-corrected chi connectivity index (χ0v) is 14.4. The minimum atomic E-state index is -3.34. The molecule has 1 heterocycles. The zero-order valence-electron chi connectivity index (χ0n) is 12.0. The van der Waals surface area contributed by atoms with Gasteiger partial charge in [0.05, 0.1) is 5.75 Å². The second-order valence-corrected chi connectivity index (χ2v) is 8.42. The summed E-state index contributed by atoms with van der Waals surface area (Å²) in [5, 5.41) is 0. The van der Waals surface area contributed by atoms with Gasteiger partial charge in [-0.3, -0.25) is 4.98 Å². The number of halogens is 1. The molecule has 6 heteroatoms. The topological polar surface area (TPSA) is 59.1 Å². The number of hydrogen-bond donors (Lipinski definition) is 1. The maximum atomic E-state index is 12.2. The van der Waals surface area contributed by atoms with Crippen molar-refractivity contribution in [3.63, 3.8) is 0 Å². The number of nitrogens with one attached hydrogen (secondary N) is 1. The van der Waals surface area contributed by atoms with Crippen molar-refractivity contribution < 1.29 is 8.42 Å². The Hall–Kier alpha value is -1.24. The number of benzene rings is 1. The third-order valence-electron chi connectivity index (χ3n) is 3.96. The van der Waals surface area contributed by atoms with Gasteiger partial charge in [-0.2, -0.15) is 0 Å². The van der Waals surface area contributed by atoms with Crippen molar-refractivity contribution in [1.29, 1.82) is 0 Å². The van der Waals surface area contributed by atoms with Crippen LogP contribution in [-0.4, -0.2) is 19.9 Å². The van der Waals surface area contributed by atoms with E-state index in [-0.39, 0.29) is 11.2 Å². The van der Waals surface area contributed by atoms with Crippen LogP contribution in [0.4, 0.5) is 0 Å². The average Bonchev–Trinajstić information content (AvgIpc) is 3.30. The fraction of sp³-hybridized carbons (Fsp3) is 0.312. The number of hydrogen-bond acceptors (Lipinski definition) is 3. The molecule has 1 aliphatic carbocycles. The molecule has 3 rings (SSSR count). The summed E-state index contributed by atoms with van der Waals surface area (Å²) < 4.78 is 28.2. The first-order valence-electron chi connectivity index (χ1n) is 7.12. The molecule has 1 aliphatic rings. The summed E-state index contributed by atoms with van der Waals surface area (Å²) in [6, 6.07) is 13.1. The second-order valence-electron chi connectivity index (χ2n) is 5.70. The van der Waals surface area contributed by atoms with Crippen LogP contribution in [0.5, 0.6) is 0 Å². The minimum absolute atomic E-state index is 0.00141. The highest BCUT2D eigenvalue weighted by molar-refractivity contribution is 9.10. The Morgan fingerprint density at radius 1 is 1.14 bits per heavy atom. The van der Waals surface area contributed by atoms with Gasteiger partial charge in [0, 0.05) is 28.3 Å². The van der Waals surface area contributed by atoms with E-state index in [1.54, 1.807) is 6.20 Å². The molecular formula is C16H17BrN2O2S. The molecule has 1 aromatic heterocycles. The molecule has 0 amide bonds. The Kier molecular flexibility index (Phi) is 4.34. The fourth-order valence-corrected chi connectivity index (χ4v) is 3.94. The summed E-state index contributed by atoms with van der Waals surface area (Å²) in [5.41, 5.74) is 1.63. The first-order chi connectivity index (χ1) is 10.5. The molecule has 1 aromatic carbocycles. The van der Waals surface area contributed by atoms with Crippen LogP contribution in [0.25, 0.3) is 0 Å². The van der Waals surface area contributed by atoms with E-state index < -0.39 is 10.0 Å². The van der Waals surface area contributed by atoms with Gasteiger partial charge in [0.1, 0.15) is 0 Å². The van der Waals surface area contributed by atoms with Crippen LogP contribution in [0, 0.1) is 0 Å². The van der Waals surface area contributed by atoms with E-state index in [0.717, 1.165) is 28.6 Å². The predicted molar refractivity (Wildman–Crippen MR) is 89.9 cm³/mol. The molecule has 0 unspecified atom stereocenters. The molecule has 0 atom stereocenters. The average molecular weight is 381 g/mol. The van der Waals surface area contributed by atoms with Crippen molar-refractivity contribution >= 4 is 26.0 Å². The van der Waals surface area contributed by atoms with Crippen molar-refractivity contribution in [2.45, 2.75) is 24.0 Å². The van der Waals surface area contributed by atoms with Gasteiger partial charge in [-0.05, 0) is 42.7 Å². The maximum absolute atomic E-state index is 12.2. The second kappa shape index (κ2) is 6.10. The van der Waals surface area contributed by atoms with Crippen molar-refractivity contribution in [3.8, 4) is 0 Å². The van der Waals surface area contributed by atoms with Crippen molar-refractivity contribution in [2.24, 2.45) is 0 Å². The number of nitrogens with zero attached hydrogens (tertiary/aromatic N) is 1. The normalized spacial score (nSPS) is 16.4. The van der Waals surface area contributed by atoms with Gasteiger partial charge in [0.15, 0.2) is 0 Å². The quantitative estimate of drug-likeness (QED) is 0.837. The van der Waals surface area contributed by atoms with Gasteiger partial charge in [-0.25, -0.2) is 13.1 Å². The molecule has 0 saturated heterocycles. The van der Waals surface area contributed by atoms with Crippen LogP contribution in [0.1, 0.15) is 24.1 Å². The molecular weight excluding hydrogens is 364 g/mol. The first-order valence-corrected chi connectivity index (χ1v) is 9.57. The van der Waals surface area contributed by atoms with Crippen molar-refractivity contribution in [2.75, 3.05) is 6.54 Å². The number of aromatic nitrogens is 1. The van der Waals surface area contributed by atoms with E-state index >= 15 is 0 Å². The number of sulfonamides is 1. The third kappa shape index (κ3) is 3.74. The molecule has 1 saturated carbocycles. The Bertz CT molecular complexity index is 741. The molecule has 1 fully saturated rings. The third-order valence-corrected chi connectivity index (χ3v) is 5.79. The molecule has 0 radical (unpaired) electrons. The van der Waals surface area contributed by atoms with Gasteiger partial charge >= 0.3 is 0 Å². The summed E-state index contributed by atoms with van der Waals surface area (Å²) in [6.45, 7) is 0.420. The van der Waals surface area contributed by atoms with Gasteiger partial charge < -0.3 is 0 Å². The molecule has 4 nitrogen and oxygen atoms in total. The zero-order chi connectivity index (χ0) is 15.6. The Balaban J connectivity index is 1.64. The fourth-order valence-electron chi connectivity index (χ4n) is 2.45. The lowest BCUT2D eigenvalue weighted by molar-refractivity contribution is 0.563. The first kappa shape index (κ1) is 15.6. The van der Waals surface area contributed by atoms with Crippen LogP contribution >= 0.6 is 15.9 Å². The summed E-state index contributed by atoms with van der Waals surface area (Å²) in [4.78, 5) is 4.37. The summed E-state index contributed by atoms with van der Waals surface area (Å²) in [6.07, 6.45) is 3.71. The van der Waals surface area contributed by atoms with Crippen LogP contribution in [0.3, 0.4) is 0 Å². The van der Waals surface area contributed by atoms with Crippen molar-refractivity contribution in [3.05, 3.63) is 64.4 Å². The lowest BCUT2D eigenvalue weighted by Gasteiger charge is -2.15. The highest BCUT2D eigenvalue weighted by atomic mass is 79.9. The highest BCUT2D eigenvalue weighted by Crippen LogP contribution is 2.46. The van der Waals surface area contributed by atoms with Crippen LogP contribution < -0.4 is 4.72 Å². The van der Waals surface area contributed by atoms with Crippen molar-refractivity contribution in [1.82, 2.24) is 9.71 Å². The van der Waals surface area contributed by atoms with Gasteiger partial charge in [0.2, 0.25) is 10.0 Å². The molecule has 0 spiro atoms. The largest absolute Gasteiger partial charge is 0.261 e. The Morgan fingerprint density at radius 2 is 1.86 bits per heavy atom. The number of pyridine rings is 1.